The van der Waals surface area contributed by atoms with Crippen LogP contribution in [0.2, 0.25) is 0 Å². The van der Waals surface area contributed by atoms with Crippen molar-refractivity contribution in [1.82, 2.24) is 0 Å². The van der Waals surface area contributed by atoms with Gasteiger partial charge >= 0.3 is 0 Å². The molecule has 0 fully saturated rings. The summed E-state index contributed by atoms with van der Waals surface area (Å²) in [5, 5.41) is 10.0. The van der Waals surface area contributed by atoms with Crippen molar-refractivity contribution >= 4 is 15.9 Å². The second-order valence-electron chi connectivity index (χ2n) is 3.97. The van der Waals surface area contributed by atoms with Crippen molar-refractivity contribution in [3.8, 4) is 0 Å². The zero-order valence-electron chi connectivity index (χ0n) is 9.71. The Morgan fingerprint density at radius 1 is 1.41 bits per heavy atom. The van der Waals surface area contributed by atoms with E-state index in [1.165, 1.54) is 6.07 Å². The predicted octanol–water partition coefficient (Wildman–Crippen LogP) is 3.43. The molecule has 0 spiro atoms. The van der Waals surface area contributed by atoms with Gasteiger partial charge in [-0.3, -0.25) is 0 Å². The van der Waals surface area contributed by atoms with Gasteiger partial charge in [-0.1, -0.05) is 13.0 Å². The lowest BCUT2D eigenvalue weighted by atomic mass is 9.95. The molecule has 0 saturated carbocycles. The minimum Gasteiger partial charge on any atom is -0.388 e. The van der Waals surface area contributed by atoms with Crippen molar-refractivity contribution in [2.75, 3.05) is 13.7 Å². The van der Waals surface area contributed by atoms with Gasteiger partial charge in [-0.05, 0) is 39.9 Å². The molecule has 1 aromatic rings. The maximum Gasteiger partial charge on any atom is 0.173 e. The van der Waals surface area contributed by atoms with E-state index in [2.05, 4.69) is 15.9 Å². The molecule has 0 aliphatic rings. The number of aliphatic hydroxyl groups excluding tert-OH is 1. The van der Waals surface area contributed by atoms with Crippen molar-refractivity contribution in [1.29, 1.82) is 0 Å². The Hall–Kier alpha value is -0.520. The largest absolute Gasteiger partial charge is 0.388 e. The summed E-state index contributed by atoms with van der Waals surface area (Å²) in [7, 11) is 1.58. The standard InChI is InChI=1S/C12H15BrF2O2/c1-7(5-6-17-2)12(16)8-3-4-9(14)11(15)10(8)13/h3-4,7,12,16H,5-6H2,1-2H3. The van der Waals surface area contributed by atoms with Crippen LogP contribution in [0.3, 0.4) is 0 Å². The van der Waals surface area contributed by atoms with Crippen molar-refractivity contribution < 1.29 is 18.6 Å². The number of methoxy groups -OCH3 is 1. The van der Waals surface area contributed by atoms with Gasteiger partial charge in [-0.15, -0.1) is 0 Å². The number of ether oxygens (including phenoxy) is 1. The number of halogens is 3. The van der Waals surface area contributed by atoms with E-state index in [4.69, 9.17) is 4.74 Å². The molecule has 0 saturated heterocycles. The van der Waals surface area contributed by atoms with Crippen LogP contribution in [0.15, 0.2) is 16.6 Å². The van der Waals surface area contributed by atoms with Gasteiger partial charge in [0.2, 0.25) is 0 Å². The molecule has 0 heterocycles. The molecule has 0 aromatic heterocycles. The first-order valence-electron chi connectivity index (χ1n) is 5.29. The van der Waals surface area contributed by atoms with Crippen LogP contribution >= 0.6 is 15.9 Å². The second kappa shape index (κ2) is 6.42. The van der Waals surface area contributed by atoms with E-state index in [0.29, 0.717) is 18.6 Å². The molecule has 5 heteroatoms. The summed E-state index contributed by atoms with van der Waals surface area (Å²) in [4.78, 5) is 0. The Bertz CT molecular complexity index is 385. The summed E-state index contributed by atoms with van der Waals surface area (Å²) in [6.45, 7) is 2.34. The normalized spacial score (nSPS) is 14.7. The zero-order chi connectivity index (χ0) is 13.0. The highest BCUT2D eigenvalue weighted by Crippen LogP contribution is 2.32. The summed E-state index contributed by atoms with van der Waals surface area (Å²) in [6.07, 6.45) is -0.210. The Morgan fingerprint density at radius 3 is 2.65 bits per heavy atom. The smallest absolute Gasteiger partial charge is 0.173 e. The summed E-state index contributed by atoms with van der Waals surface area (Å²) in [6, 6.07) is 2.40. The van der Waals surface area contributed by atoms with E-state index < -0.39 is 17.7 Å². The van der Waals surface area contributed by atoms with E-state index in [1.54, 1.807) is 7.11 Å². The van der Waals surface area contributed by atoms with Gasteiger partial charge in [0.15, 0.2) is 11.6 Å². The van der Waals surface area contributed by atoms with Crippen molar-refractivity contribution in [2.45, 2.75) is 19.4 Å². The van der Waals surface area contributed by atoms with Crippen LogP contribution in [0.1, 0.15) is 25.0 Å². The molecule has 0 bridgehead atoms. The van der Waals surface area contributed by atoms with Crippen LogP contribution in [-0.2, 0) is 4.74 Å². The first-order chi connectivity index (χ1) is 7.99. The highest BCUT2D eigenvalue weighted by atomic mass is 79.9. The molecule has 0 amide bonds. The first-order valence-corrected chi connectivity index (χ1v) is 6.08. The number of hydrogen-bond donors (Lipinski definition) is 1. The third kappa shape index (κ3) is 3.47. The summed E-state index contributed by atoms with van der Waals surface area (Å²) < 4.78 is 31.1. The first kappa shape index (κ1) is 14.5. The van der Waals surface area contributed by atoms with Gasteiger partial charge < -0.3 is 9.84 Å². The monoisotopic (exact) mass is 308 g/mol. The maximum atomic E-state index is 13.3. The van der Waals surface area contributed by atoms with Crippen LogP contribution < -0.4 is 0 Å². The molecule has 0 aliphatic heterocycles. The average molecular weight is 309 g/mol. The lowest BCUT2D eigenvalue weighted by Crippen LogP contribution is -2.12. The lowest BCUT2D eigenvalue weighted by molar-refractivity contribution is 0.0877. The summed E-state index contributed by atoms with van der Waals surface area (Å²) >= 11 is 2.96. The number of benzene rings is 1. The predicted molar refractivity (Wildman–Crippen MR) is 64.7 cm³/mol. The molecule has 1 rings (SSSR count). The van der Waals surface area contributed by atoms with E-state index in [0.717, 1.165) is 6.07 Å². The van der Waals surface area contributed by atoms with Crippen LogP contribution in [0.25, 0.3) is 0 Å². The molecule has 2 atom stereocenters. The minimum absolute atomic E-state index is 0.0192. The Labute approximate surface area is 108 Å². The van der Waals surface area contributed by atoms with Gasteiger partial charge in [0, 0.05) is 13.7 Å². The van der Waals surface area contributed by atoms with Crippen molar-refractivity contribution in [3.05, 3.63) is 33.8 Å². The Morgan fingerprint density at radius 2 is 2.06 bits per heavy atom. The van der Waals surface area contributed by atoms with Crippen LogP contribution in [0.5, 0.6) is 0 Å². The number of rotatable bonds is 5. The molecule has 0 radical (unpaired) electrons. The zero-order valence-corrected chi connectivity index (χ0v) is 11.3. The molecule has 2 unspecified atom stereocenters. The molecule has 2 nitrogen and oxygen atoms in total. The Balaban J connectivity index is 2.89. The molecule has 17 heavy (non-hydrogen) atoms. The number of hydrogen-bond acceptors (Lipinski definition) is 2. The molecular formula is C12H15BrF2O2. The quantitative estimate of drug-likeness (QED) is 0.844. The van der Waals surface area contributed by atoms with Crippen molar-refractivity contribution in [3.63, 3.8) is 0 Å². The van der Waals surface area contributed by atoms with Crippen LogP contribution in [0.4, 0.5) is 8.78 Å². The van der Waals surface area contributed by atoms with E-state index in [9.17, 15) is 13.9 Å². The molecule has 0 aliphatic carbocycles. The van der Waals surface area contributed by atoms with E-state index >= 15 is 0 Å². The van der Waals surface area contributed by atoms with Gasteiger partial charge in [-0.2, -0.15) is 0 Å². The fourth-order valence-corrected chi connectivity index (χ4v) is 2.09. The number of aliphatic hydroxyl groups is 1. The topological polar surface area (TPSA) is 29.5 Å². The van der Waals surface area contributed by atoms with Crippen LogP contribution in [0, 0.1) is 17.6 Å². The fourth-order valence-electron chi connectivity index (χ4n) is 1.54. The van der Waals surface area contributed by atoms with E-state index in [1.807, 2.05) is 6.92 Å². The molecule has 96 valence electrons. The molecule has 1 aromatic carbocycles. The van der Waals surface area contributed by atoms with Gasteiger partial charge in [0.1, 0.15) is 0 Å². The minimum atomic E-state index is -0.972. The van der Waals surface area contributed by atoms with Gasteiger partial charge in [-0.25, -0.2) is 8.78 Å². The molecule has 1 N–H and O–H groups in total. The Kier molecular flexibility index (Phi) is 5.49. The molecular weight excluding hydrogens is 294 g/mol. The third-order valence-corrected chi connectivity index (χ3v) is 3.51. The van der Waals surface area contributed by atoms with E-state index in [-0.39, 0.29) is 10.4 Å². The summed E-state index contributed by atoms with van der Waals surface area (Å²) in [5.41, 5.74) is 0.354. The lowest BCUT2D eigenvalue weighted by Gasteiger charge is -2.20. The average Bonchev–Trinajstić information content (AvgIpc) is 2.32. The highest BCUT2D eigenvalue weighted by Gasteiger charge is 2.21. The van der Waals surface area contributed by atoms with Crippen molar-refractivity contribution in [2.24, 2.45) is 5.92 Å². The fraction of sp³-hybridized carbons (Fsp3) is 0.500. The SMILES string of the molecule is COCCC(C)C(O)c1ccc(F)c(F)c1Br. The second-order valence-corrected chi connectivity index (χ2v) is 4.76. The van der Waals surface area contributed by atoms with Crippen LogP contribution in [-0.4, -0.2) is 18.8 Å². The maximum absolute atomic E-state index is 13.3. The van der Waals surface area contributed by atoms with Gasteiger partial charge in [0.05, 0.1) is 10.6 Å². The van der Waals surface area contributed by atoms with Gasteiger partial charge in [0.25, 0.3) is 0 Å². The summed E-state index contributed by atoms with van der Waals surface area (Å²) in [5.74, 6) is -2.01. The third-order valence-electron chi connectivity index (χ3n) is 2.70. The highest BCUT2D eigenvalue weighted by molar-refractivity contribution is 9.10.